The van der Waals surface area contributed by atoms with Crippen LogP contribution in [0.2, 0.25) is 0 Å². The van der Waals surface area contributed by atoms with Gasteiger partial charge in [-0.1, -0.05) is 41.1 Å². The number of amides is 1. The number of nitrogens with zero attached hydrogens (tertiary/aromatic N) is 2. The molecule has 1 N–H and O–H groups in total. The lowest BCUT2D eigenvalue weighted by Gasteiger charge is -2.17. The second kappa shape index (κ2) is 8.25. The lowest BCUT2D eigenvalue weighted by Crippen LogP contribution is -2.36. The van der Waals surface area contributed by atoms with Crippen molar-refractivity contribution in [1.82, 2.24) is 15.5 Å². The van der Waals surface area contributed by atoms with Gasteiger partial charge in [0.05, 0.1) is 6.54 Å². The molecule has 0 aliphatic rings. The summed E-state index contributed by atoms with van der Waals surface area (Å²) in [5, 5.41) is 6.75. The average Bonchev–Trinajstić information content (AvgIpc) is 3.13. The topological polar surface area (TPSA) is 77.2 Å². The van der Waals surface area contributed by atoms with E-state index >= 15 is 0 Å². The number of aromatic nitrogens is 2. The highest BCUT2D eigenvalue weighted by atomic mass is 16.5. The molecule has 0 bridgehead atoms. The third-order valence-corrected chi connectivity index (χ3v) is 4.63. The van der Waals surface area contributed by atoms with Crippen LogP contribution < -0.4 is 10.1 Å². The molecule has 0 saturated heterocycles. The number of hydrogen-bond acceptors (Lipinski definition) is 5. The van der Waals surface area contributed by atoms with Crippen LogP contribution in [0.3, 0.4) is 0 Å². The molecule has 6 heteroatoms. The van der Waals surface area contributed by atoms with Gasteiger partial charge in [0.2, 0.25) is 11.7 Å². The molecule has 146 valence electrons. The first-order valence-electron chi connectivity index (χ1n) is 9.25. The van der Waals surface area contributed by atoms with Crippen molar-refractivity contribution in [3.05, 3.63) is 64.5 Å². The maximum atomic E-state index is 12.4. The summed E-state index contributed by atoms with van der Waals surface area (Å²) >= 11 is 0. The van der Waals surface area contributed by atoms with Crippen LogP contribution in [0, 0.1) is 27.7 Å². The SMILES string of the molecule is Cc1ccc(-c2noc(CNC(=O)C(C)Oc3cc(C)cc(C)c3C)n2)cc1. The molecule has 1 atom stereocenters. The van der Waals surface area contributed by atoms with Crippen molar-refractivity contribution in [3.8, 4) is 17.1 Å². The molecule has 0 spiro atoms. The molecule has 0 radical (unpaired) electrons. The van der Waals surface area contributed by atoms with Crippen LogP contribution in [0.1, 0.15) is 35.1 Å². The first-order chi connectivity index (χ1) is 13.3. The molecule has 1 aromatic heterocycles. The Labute approximate surface area is 164 Å². The standard InChI is InChI=1S/C22H25N3O3/c1-13-6-8-18(9-7-13)21-24-20(28-25-21)12-23-22(26)17(5)27-19-11-14(2)10-15(3)16(19)4/h6-11,17H,12H2,1-5H3,(H,23,26). The Bertz CT molecular complexity index is 977. The first kappa shape index (κ1) is 19.6. The number of carbonyl (C=O) groups is 1. The predicted octanol–water partition coefficient (Wildman–Crippen LogP) is 4.05. The fraction of sp³-hybridized carbons (Fsp3) is 0.318. The van der Waals surface area contributed by atoms with Gasteiger partial charge in [-0.05, 0) is 57.4 Å². The highest BCUT2D eigenvalue weighted by Crippen LogP contribution is 2.24. The first-order valence-corrected chi connectivity index (χ1v) is 9.25. The van der Waals surface area contributed by atoms with E-state index in [4.69, 9.17) is 9.26 Å². The van der Waals surface area contributed by atoms with Gasteiger partial charge in [-0.15, -0.1) is 0 Å². The smallest absolute Gasteiger partial charge is 0.261 e. The number of aryl methyl sites for hydroxylation is 3. The fourth-order valence-corrected chi connectivity index (χ4v) is 2.82. The Morgan fingerprint density at radius 3 is 2.54 bits per heavy atom. The molecule has 1 amide bonds. The van der Waals surface area contributed by atoms with Crippen LogP contribution in [-0.2, 0) is 11.3 Å². The maximum Gasteiger partial charge on any atom is 0.261 e. The van der Waals surface area contributed by atoms with Crippen LogP contribution in [0.4, 0.5) is 0 Å². The molecular weight excluding hydrogens is 354 g/mol. The predicted molar refractivity (Wildman–Crippen MR) is 107 cm³/mol. The number of rotatable bonds is 6. The van der Waals surface area contributed by atoms with Gasteiger partial charge in [0.1, 0.15) is 5.75 Å². The fourth-order valence-electron chi connectivity index (χ4n) is 2.82. The molecule has 0 aliphatic carbocycles. The van der Waals surface area contributed by atoms with Crippen molar-refractivity contribution >= 4 is 5.91 Å². The van der Waals surface area contributed by atoms with Gasteiger partial charge < -0.3 is 14.6 Å². The minimum atomic E-state index is -0.639. The van der Waals surface area contributed by atoms with Crippen molar-refractivity contribution in [2.75, 3.05) is 0 Å². The van der Waals surface area contributed by atoms with Gasteiger partial charge in [0.15, 0.2) is 6.10 Å². The summed E-state index contributed by atoms with van der Waals surface area (Å²) in [6.07, 6.45) is -0.639. The van der Waals surface area contributed by atoms with E-state index in [1.807, 2.05) is 58.0 Å². The van der Waals surface area contributed by atoms with Gasteiger partial charge in [-0.25, -0.2) is 0 Å². The summed E-state index contributed by atoms with van der Waals surface area (Å²) in [5.41, 5.74) is 5.30. The maximum absolute atomic E-state index is 12.4. The van der Waals surface area contributed by atoms with Crippen molar-refractivity contribution in [3.63, 3.8) is 0 Å². The number of carbonyl (C=O) groups excluding carboxylic acids is 1. The molecule has 0 saturated carbocycles. The number of nitrogens with one attached hydrogen (secondary N) is 1. The van der Waals surface area contributed by atoms with E-state index < -0.39 is 6.10 Å². The molecule has 1 unspecified atom stereocenters. The summed E-state index contributed by atoms with van der Waals surface area (Å²) in [5.74, 6) is 1.33. The molecular formula is C22H25N3O3. The van der Waals surface area contributed by atoms with Gasteiger partial charge in [-0.3, -0.25) is 4.79 Å². The van der Waals surface area contributed by atoms with Gasteiger partial charge >= 0.3 is 0 Å². The Hall–Kier alpha value is -3.15. The van der Waals surface area contributed by atoms with Crippen molar-refractivity contribution in [1.29, 1.82) is 0 Å². The zero-order chi connectivity index (χ0) is 20.3. The van der Waals surface area contributed by atoms with Crippen LogP contribution in [0.25, 0.3) is 11.4 Å². The third-order valence-electron chi connectivity index (χ3n) is 4.63. The van der Waals surface area contributed by atoms with Crippen molar-refractivity contribution in [2.45, 2.75) is 47.3 Å². The van der Waals surface area contributed by atoms with Crippen LogP contribution in [0.5, 0.6) is 5.75 Å². The van der Waals surface area contributed by atoms with Gasteiger partial charge in [0, 0.05) is 5.56 Å². The van der Waals surface area contributed by atoms with Crippen LogP contribution in [0.15, 0.2) is 40.9 Å². The molecule has 2 aromatic carbocycles. The molecule has 3 aromatic rings. The second-order valence-electron chi connectivity index (χ2n) is 7.06. The van der Waals surface area contributed by atoms with Crippen molar-refractivity contribution < 1.29 is 14.1 Å². The van der Waals surface area contributed by atoms with E-state index in [2.05, 4.69) is 21.5 Å². The van der Waals surface area contributed by atoms with E-state index in [-0.39, 0.29) is 12.5 Å². The lowest BCUT2D eigenvalue weighted by atomic mass is 10.1. The zero-order valence-corrected chi connectivity index (χ0v) is 16.9. The third kappa shape index (κ3) is 4.57. The Kier molecular flexibility index (Phi) is 5.78. The lowest BCUT2D eigenvalue weighted by molar-refractivity contribution is -0.127. The quantitative estimate of drug-likeness (QED) is 0.699. The largest absolute Gasteiger partial charge is 0.481 e. The van der Waals surface area contributed by atoms with E-state index in [0.29, 0.717) is 11.7 Å². The van der Waals surface area contributed by atoms with Crippen LogP contribution in [-0.4, -0.2) is 22.2 Å². The Morgan fingerprint density at radius 1 is 1.11 bits per heavy atom. The summed E-state index contributed by atoms with van der Waals surface area (Å²) in [7, 11) is 0. The number of ether oxygens (including phenoxy) is 1. The van der Waals surface area contributed by atoms with Gasteiger partial charge in [-0.2, -0.15) is 4.98 Å². The summed E-state index contributed by atoms with van der Waals surface area (Å²) in [6.45, 7) is 9.91. The second-order valence-corrected chi connectivity index (χ2v) is 7.06. The summed E-state index contributed by atoms with van der Waals surface area (Å²) in [4.78, 5) is 16.7. The monoisotopic (exact) mass is 379 g/mol. The summed E-state index contributed by atoms with van der Waals surface area (Å²) in [6, 6.07) is 11.9. The highest BCUT2D eigenvalue weighted by molar-refractivity contribution is 5.80. The summed E-state index contributed by atoms with van der Waals surface area (Å²) < 4.78 is 11.1. The minimum Gasteiger partial charge on any atom is -0.481 e. The van der Waals surface area contributed by atoms with E-state index in [1.54, 1.807) is 6.92 Å². The molecule has 6 nitrogen and oxygen atoms in total. The van der Waals surface area contributed by atoms with E-state index in [9.17, 15) is 4.79 Å². The molecule has 0 fully saturated rings. The molecule has 28 heavy (non-hydrogen) atoms. The normalized spacial score (nSPS) is 11.9. The number of benzene rings is 2. The van der Waals surface area contributed by atoms with Crippen LogP contribution >= 0.6 is 0 Å². The molecule has 0 aliphatic heterocycles. The highest BCUT2D eigenvalue weighted by Gasteiger charge is 2.18. The minimum absolute atomic E-state index is 0.150. The Morgan fingerprint density at radius 2 is 1.82 bits per heavy atom. The van der Waals surface area contributed by atoms with Crippen molar-refractivity contribution in [2.24, 2.45) is 0 Å². The molecule has 3 rings (SSSR count). The van der Waals surface area contributed by atoms with Gasteiger partial charge in [0.25, 0.3) is 5.91 Å². The van der Waals surface area contributed by atoms with E-state index in [0.717, 1.165) is 33.6 Å². The average molecular weight is 379 g/mol. The number of hydrogen-bond donors (Lipinski definition) is 1. The Balaban J connectivity index is 1.59. The molecule has 1 heterocycles. The zero-order valence-electron chi connectivity index (χ0n) is 16.9. The van der Waals surface area contributed by atoms with E-state index in [1.165, 1.54) is 0 Å².